The summed E-state index contributed by atoms with van der Waals surface area (Å²) in [7, 11) is 3.83. The number of fused-ring (bicyclic) bond motifs is 2. The molecule has 0 unspecified atom stereocenters. The number of carbonyl (C=O) groups is 4. The minimum atomic E-state index is -0.849. The van der Waals surface area contributed by atoms with Gasteiger partial charge in [0.1, 0.15) is 23.8 Å². The van der Waals surface area contributed by atoms with Crippen molar-refractivity contribution in [3.63, 3.8) is 0 Å². The average molecular weight is 724 g/mol. The smallest absolute Gasteiger partial charge is 0.410 e. The van der Waals surface area contributed by atoms with Crippen LogP contribution >= 0.6 is 0 Å². The molecular formula is C40H46FN7O5. The predicted molar refractivity (Wildman–Crippen MR) is 199 cm³/mol. The van der Waals surface area contributed by atoms with E-state index in [-0.39, 0.29) is 49.7 Å². The second-order valence-electron chi connectivity index (χ2n) is 13.9. The number of nitrogens with zero attached hydrogens (tertiary/aromatic N) is 5. The highest BCUT2D eigenvalue weighted by Gasteiger charge is 2.52. The fourth-order valence-electron chi connectivity index (χ4n) is 6.95. The molecule has 2 N–H and O–H groups in total. The summed E-state index contributed by atoms with van der Waals surface area (Å²) in [6.07, 6.45) is -0.963. The molecule has 0 spiro atoms. The van der Waals surface area contributed by atoms with Crippen LogP contribution < -0.4 is 15.4 Å². The van der Waals surface area contributed by atoms with E-state index in [2.05, 4.69) is 10.6 Å². The van der Waals surface area contributed by atoms with Gasteiger partial charge in [0.05, 0.1) is 13.1 Å². The summed E-state index contributed by atoms with van der Waals surface area (Å²) in [6, 6.07) is 25.3. The molecular weight excluding hydrogens is 677 g/mol. The van der Waals surface area contributed by atoms with Crippen molar-refractivity contribution in [2.45, 2.75) is 51.6 Å². The third kappa shape index (κ3) is 8.75. The standard InChI is InChI=1S/C40H46FN7O5/c1-27(2)48(39(51)43-23-29-12-16-32(41)17-13-29)46-26-37(49)47-35(22-28-14-18-33(19-15-28)53-40(52)42-20-21-44(3)4)38(50)45(25-36(46)47)24-31-10-7-9-30-8-5-6-11-34(30)31/h5-19,27,35-36H,20-26H2,1-4H3,(H,42,52)(H,43,51)/t35-,36+/m0/s1. The van der Waals surface area contributed by atoms with Crippen LogP contribution in [0.5, 0.6) is 5.75 Å². The molecule has 2 heterocycles. The van der Waals surface area contributed by atoms with E-state index in [1.54, 1.807) is 56.2 Å². The Bertz CT molecular complexity index is 1930. The third-order valence-electron chi connectivity index (χ3n) is 9.53. The van der Waals surface area contributed by atoms with Gasteiger partial charge in [-0.3, -0.25) is 14.6 Å². The highest BCUT2D eigenvalue weighted by molar-refractivity contribution is 5.92. The minimum absolute atomic E-state index is 0.0889. The molecule has 0 radical (unpaired) electrons. The summed E-state index contributed by atoms with van der Waals surface area (Å²) in [5.41, 5.74) is 2.48. The Labute approximate surface area is 309 Å². The Morgan fingerprint density at radius 2 is 1.60 bits per heavy atom. The maximum atomic E-state index is 14.5. The Hall–Kier alpha value is -5.53. The van der Waals surface area contributed by atoms with Gasteiger partial charge < -0.3 is 30.1 Å². The highest BCUT2D eigenvalue weighted by atomic mass is 19.1. The van der Waals surface area contributed by atoms with Crippen molar-refractivity contribution in [3.8, 4) is 5.75 Å². The summed E-state index contributed by atoms with van der Waals surface area (Å²) in [5.74, 6) is -0.465. The Morgan fingerprint density at radius 1 is 0.906 bits per heavy atom. The fourth-order valence-corrected chi connectivity index (χ4v) is 6.95. The molecule has 4 aromatic carbocycles. The average Bonchev–Trinajstić information content (AvgIpc) is 3.44. The molecule has 2 atom stereocenters. The zero-order valence-electron chi connectivity index (χ0n) is 30.5. The maximum absolute atomic E-state index is 14.5. The Balaban J connectivity index is 1.26. The molecule has 53 heavy (non-hydrogen) atoms. The summed E-state index contributed by atoms with van der Waals surface area (Å²) in [5, 5.41) is 11.0. The van der Waals surface area contributed by atoms with Crippen LogP contribution in [0.15, 0.2) is 91.0 Å². The first kappa shape index (κ1) is 37.2. The number of likely N-dealkylation sites (N-methyl/N-ethyl adjacent to an activating group) is 1. The van der Waals surface area contributed by atoms with E-state index in [0.717, 1.165) is 27.5 Å². The van der Waals surface area contributed by atoms with Gasteiger partial charge in [0.25, 0.3) is 0 Å². The molecule has 6 rings (SSSR count). The molecule has 0 saturated carbocycles. The van der Waals surface area contributed by atoms with Gasteiger partial charge in [0.15, 0.2) is 0 Å². The molecule has 2 aliphatic heterocycles. The highest BCUT2D eigenvalue weighted by Crippen LogP contribution is 2.32. The lowest BCUT2D eigenvalue weighted by molar-refractivity contribution is -0.158. The van der Waals surface area contributed by atoms with Crippen LogP contribution in [-0.2, 0) is 29.1 Å². The number of carbonyl (C=O) groups excluding carboxylic acids is 4. The molecule has 0 bridgehead atoms. The molecule has 12 nitrogen and oxygen atoms in total. The first-order chi connectivity index (χ1) is 25.5. The van der Waals surface area contributed by atoms with E-state index in [0.29, 0.717) is 25.4 Å². The van der Waals surface area contributed by atoms with Gasteiger partial charge >= 0.3 is 12.1 Å². The number of amides is 5. The van der Waals surface area contributed by atoms with Crippen LogP contribution in [0.4, 0.5) is 14.0 Å². The van der Waals surface area contributed by atoms with E-state index < -0.39 is 24.3 Å². The second kappa shape index (κ2) is 16.4. The van der Waals surface area contributed by atoms with Crippen molar-refractivity contribution < 1.29 is 28.3 Å². The van der Waals surface area contributed by atoms with Crippen LogP contribution in [-0.4, -0.2) is 107 Å². The normalized spacial score (nSPS) is 17.4. The SMILES string of the molecule is CC(C)N(C(=O)NCc1ccc(F)cc1)N1CC(=O)N2[C@@H](Cc3ccc(OC(=O)NCCN(C)C)cc3)C(=O)N(Cc3cccc4ccccc34)C[C@@H]21. The minimum Gasteiger partial charge on any atom is -0.410 e. The monoisotopic (exact) mass is 723 g/mol. The van der Waals surface area contributed by atoms with E-state index >= 15 is 0 Å². The molecule has 4 aromatic rings. The number of piperazine rings is 1. The Kier molecular flexibility index (Phi) is 11.5. The number of hydrogen-bond donors (Lipinski definition) is 2. The van der Waals surface area contributed by atoms with E-state index in [1.165, 1.54) is 12.1 Å². The molecule has 2 fully saturated rings. The number of ether oxygens (including phenoxy) is 1. The number of halogens is 1. The van der Waals surface area contributed by atoms with Crippen molar-refractivity contribution in [1.29, 1.82) is 0 Å². The van der Waals surface area contributed by atoms with Crippen molar-refractivity contribution in [1.82, 2.24) is 35.4 Å². The van der Waals surface area contributed by atoms with Crippen molar-refractivity contribution in [3.05, 3.63) is 114 Å². The fraction of sp³-hybridized carbons (Fsp3) is 0.350. The van der Waals surface area contributed by atoms with Crippen molar-refractivity contribution in [2.75, 3.05) is 40.3 Å². The van der Waals surface area contributed by atoms with Crippen LogP contribution in [0.1, 0.15) is 30.5 Å². The van der Waals surface area contributed by atoms with Crippen LogP contribution in [0.2, 0.25) is 0 Å². The van der Waals surface area contributed by atoms with Gasteiger partial charge in [-0.15, -0.1) is 0 Å². The van der Waals surface area contributed by atoms with Crippen LogP contribution in [0.25, 0.3) is 10.8 Å². The van der Waals surface area contributed by atoms with Crippen LogP contribution in [0, 0.1) is 5.82 Å². The van der Waals surface area contributed by atoms with E-state index in [4.69, 9.17) is 4.74 Å². The van der Waals surface area contributed by atoms with Gasteiger partial charge in [-0.2, -0.15) is 5.01 Å². The molecule has 278 valence electrons. The molecule has 2 aliphatic rings. The van der Waals surface area contributed by atoms with Gasteiger partial charge in [-0.1, -0.05) is 66.7 Å². The summed E-state index contributed by atoms with van der Waals surface area (Å²) < 4.78 is 18.9. The number of benzene rings is 4. The quantitative estimate of drug-likeness (QED) is 0.220. The van der Waals surface area contributed by atoms with Gasteiger partial charge in [0, 0.05) is 38.6 Å². The molecule has 2 saturated heterocycles. The third-order valence-corrected chi connectivity index (χ3v) is 9.53. The lowest BCUT2D eigenvalue weighted by atomic mass is 9.99. The van der Waals surface area contributed by atoms with E-state index in [9.17, 15) is 23.6 Å². The molecule has 13 heteroatoms. The number of urea groups is 1. The predicted octanol–water partition coefficient (Wildman–Crippen LogP) is 4.59. The van der Waals surface area contributed by atoms with E-state index in [1.807, 2.05) is 75.3 Å². The molecule has 0 aromatic heterocycles. The van der Waals surface area contributed by atoms with Crippen molar-refractivity contribution >= 4 is 34.7 Å². The maximum Gasteiger partial charge on any atom is 0.412 e. The van der Waals surface area contributed by atoms with Gasteiger partial charge in [-0.25, -0.2) is 14.0 Å². The largest absolute Gasteiger partial charge is 0.412 e. The molecule has 0 aliphatic carbocycles. The van der Waals surface area contributed by atoms with Gasteiger partial charge in [-0.05, 0) is 79.7 Å². The first-order valence-corrected chi connectivity index (χ1v) is 17.8. The summed E-state index contributed by atoms with van der Waals surface area (Å²) >= 11 is 0. The second-order valence-corrected chi connectivity index (χ2v) is 13.9. The number of rotatable bonds is 12. The summed E-state index contributed by atoms with van der Waals surface area (Å²) in [6.45, 7) is 5.44. The number of nitrogens with one attached hydrogen (secondary N) is 2. The topological polar surface area (TPSA) is 118 Å². The summed E-state index contributed by atoms with van der Waals surface area (Å²) in [4.78, 5) is 59.8. The lowest BCUT2D eigenvalue weighted by Crippen LogP contribution is -2.66. The van der Waals surface area contributed by atoms with Crippen LogP contribution in [0.3, 0.4) is 0 Å². The number of hydrazine groups is 1. The Morgan fingerprint density at radius 3 is 2.32 bits per heavy atom. The molecule has 5 amide bonds. The zero-order chi connectivity index (χ0) is 37.6. The first-order valence-electron chi connectivity index (χ1n) is 17.8. The lowest BCUT2D eigenvalue weighted by Gasteiger charge is -2.47. The number of hydrogen-bond acceptors (Lipinski definition) is 7. The zero-order valence-corrected chi connectivity index (χ0v) is 30.5. The van der Waals surface area contributed by atoms with Crippen molar-refractivity contribution in [2.24, 2.45) is 0 Å². The van der Waals surface area contributed by atoms with Gasteiger partial charge in [0.2, 0.25) is 11.8 Å².